The number of nitrogens with one attached hydrogen (secondary N) is 1. The molecule has 1 unspecified atom stereocenters. The van der Waals surface area contributed by atoms with Crippen molar-refractivity contribution in [1.29, 1.82) is 0 Å². The Kier molecular flexibility index (Phi) is 6.51. The van der Waals surface area contributed by atoms with Gasteiger partial charge in [-0.3, -0.25) is 0 Å². The van der Waals surface area contributed by atoms with Crippen molar-refractivity contribution in [3.8, 4) is 0 Å². The number of hydrogen-bond acceptors (Lipinski definition) is 3. The molecule has 19 heavy (non-hydrogen) atoms. The predicted molar refractivity (Wildman–Crippen MR) is 84.8 cm³/mol. The molecule has 0 saturated heterocycles. The summed E-state index contributed by atoms with van der Waals surface area (Å²) in [6, 6.07) is 4.42. The summed E-state index contributed by atoms with van der Waals surface area (Å²) < 4.78 is 0. The largest absolute Gasteiger partial charge is 0.392 e. The first kappa shape index (κ1) is 16.7. The van der Waals surface area contributed by atoms with Crippen LogP contribution in [0.4, 0.5) is 0 Å². The molecule has 0 aliphatic heterocycles. The van der Waals surface area contributed by atoms with E-state index in [0.717, 1.165) is 19.4 Å². The van der Waals surface area contributed by atoms with E-state index in [1.165, 1.54) is 9.75 Å². The van der Waals surface area contributed by atoms with Gasteiger partial charge in [0.05, 0.1) is 6.10 Å². The minimum absolute atomic E-state index is 0.225. The summed E-state index contributed by atoms with van der Waals surface area (Å²) >= 11 is 1.87. The Hall–Kier alpha value is -0.380. The molecule has 110 valence electrons. The van der Waals surface area contributed by atoms with E-state index in [0.29, 0.717) is 12.5 Å². The lowest BCUT2D eigenvalue weighted by Crippen LogP contribution is -2.32. The first-order valence-corrected chi connectivity index (χ1v) is 8.18. The smallest absolute Gasteiger partial charge is 0.0692 e. The molecule has 0 aromatic carbocycles. The molecule has 0 saturated carbocycles. The SMILES string of the molecule is CCC(CC)C(O)CNCc1ccc(C(C)(C)C)s1. The summed E-state index contributed by atoms with van der Waals surface area (Å²) in [7, 11) is 0. The van der Waals surface area contributed by atoms with Crippen molar-refractivity contribution in [2.75, 3.05) is 6.54 Å². The highest BCUT2D eigenvalue weighted by Crippen LogP contribution is 2.29. The number of rotatable bonds is 7. The van der Waals surface area contributed by atoms with Gasteiger partial charge in [0.2, 0.25) is 0 Å². The zero-order valence-electron chi connectivity index (χ0n) is 13.0. The van der Waals surface area contributed by atoms with Gasteiger partial charge in [-0.05, 0) is 23.5 Å². The zero-order valence-corrected chi connectivity index (χ0v) is 13.8. The highest BCUT2D eigenvalue weighted by Gasteiger charge is 2.17. The summed E-state index contributed by atoms with van der Waals surface area (Å²) in [5.74, 6) is 0.418. The van der Waals surface area contributed by atoms with Crippen LogP contribution in [0.2, 0.25) is 0 Å². The zero-order chi connectivity index (χ0) is 14.5. The van der Waals surface area contributed by atoms with Gasteiger partial charge in [0.25, 0.3) is 0 Å². The van der Waals surface area contributed by atoms with Crippen molar-refractivity contribution >= 4 is 11.3 Å². The van der Waals surface area contributed by atoms with Gasteiger partial charge in [0.1, 0.15) is 0 Å². The molecular weight excluding hydrogens is 254 g/mol. The fraction of sp³-hybridized carbons (Fsp3) is 0.750. The van der Waals surface area contributed by atoms with E-state index >= 15 is 0 Å². The van der Waals surface area contributed by atoms with Gasteiger partial charge in [-0.25, -0.2) is 0 Å². The fourth-order valence-corrected chi connectivity index (χ4v) is 3.25. The van der Waals surface area contributed by atoms with Gasteiger partial charge in [0.15, 0.2) is 0 Å². The van der Waals surface area contributed by atoms with Crippen molar-refractivity contribution in [2.24, 2.45) is 5.92 Å². The molecule has 1 rings (SSSR count). The van der Waals surface area contributed by atoms with Crippen molar-refractivity contribution in [1.82, 2.24) is 5.32 Å². The lowest BCUT2D eigenvalue weighted by Gasteiger charge is -2.20. The lowest BCUT2D eigenvalue weighted by atomic mass is 9.95. The summed E-state index contributed by atoms with van der Waals surface area (Å²) in [4.78, 5) is 2.77. The number of thiophene rings is 1. The number of aliphatic hydroxyl groups is 1. The average Bonchev–Trinajstić information content (AvgIpc) is 2.79. The third-order valence-corrected chi connectivity index (χ3v) is 5.16. The molecule has 0 spiro atoms. The molecular formula is C16H29NOS. The highest BCUT2D eigenvalue weighted by atomic mass is 32.1. The van der Waals surface area contributed by atoms with Crippen LogP contribution in [0.15, 0.2) is 12.1 Å². The maximum atomic E-state index is 10.1. The van der Waals surface area contributed by atoms with Gasteiger partial charge in [-0.2, -0.15) is 0 Å². The standard InChI is InChI=1S/C16H29NOS/c1-6-12(7-2)14(18)11-17-10-13-8-9-15(19-13)16(3,4)5/h8-9,12,14,17-18H,6-7,10-11H2,1-5H3. The van der Waals surface area contributed by atoms with E-state index < -0.39 is 0 Å². The lowest BCUT2D eigenvalue weighted by molar-refractivity contribution is 0.101. The van der Waals surface area contributed by atoms with E-state index in [-0.39, 0.29) is 11.5 Å². The average molecular weight is 283 g/mol. The maximum Gasteiger partial charge on any atom is 0.0692 e. The second-order valence-electron chi connectivity index (χ2n) is 6.29. The first-order valence-electron chi connectivity index (χ1n) is 7.36. The van der Waals surface area contributed by atoms with Crippen LogP contribution in [0, 0.1) is 5.92 Å². The van der Waals surface area contributed by atoms with E-state index in [1.807, 2.05) is 11.3 Å². The second-order valence-corrected chi connectivity index (χ2v) is 7.46. The summed E-state index contributed by atoms with van der Waals surface area (Å²) in [5.41, 5.74) is 0.234. The molecule has 2 N–H and O–H groups in total. The molecule has 0 aliphatic rings. The molecule has 2 nitrogen and oxygen atoms in total. The van der Waals surface area contributed by atoms with Crippen LogP contribution in [0.25, 0.3) is 0 Å². The quantitative estimate of drug-likeness (QED) is 0.794. The molecule has 3 heteroatoms. The first-order chi connectivity index (χ1) is 8.88. The van der Waals surface area contributed by atoms with Crippen LogP contribution in [0.3, 0.4) is 0 Å². The Labute approximate surface area is 122 Å². The summed E-state index contributed by atoms with van der Waals surface area (Å²) in [5, 5.41) is 13.4. The third-order valence-electron chi connectivity index (χ3n) is 3.65. The second kappa shape index (κ2) is 7.41. The summed E-state index contributed by atoms with van der Waals surface area (Å²) in [6.07, 6.45) is 1.87. The molecule has 0 fully saturated rings. The van der Waals surface area contributed by atoms with Gasteiger partial charge in [-0.15, -0.1) is 11.3 Å². The fourth-order valence-electron chi connectivity index (χ4n) is 2.22. The normalized spacial score (nSPS) is 14.1. The van der Waals surface area contributed by atoms with Crippen molar-refractivity contribution < 1.29 is 5.11 Å². The Morgan fingerprint density at radius 3 is 2.32 bits per heavy atom. The molecule has 1 heterocycles. The van der Waals surface area contributed by atoms with Gasteiger partial charge < -0.3 is 10.4 Å². The Morgan fingerprint density at radius 1 is 1.21 bits per heavy atom. The minimum atomic E-state index is -0.225. The van der Waals surface area contributed by atoms with Crippen LogP contribution in [-0.4, -0.2) is 17.8 Å². The molecule has 1 atom stereocenters. The maximum absolute atomic E-state index is 10.1. The Balaban J connectivity index is 2.39. The van der Waals surface area contributed by atoms with E-state index in [1.54, 1.807) is 0 Å². The van der Waals surface area contributed by atoms with Crippen LogP contribution >= 0.6 is 11.3 Å². The molecule has 0 aliphatic carbocycles. The van der Waals surface area contributed by atoms with Crippen LogP contribution in [-0.2, 0) is 12.0 Å². The van der Waals surface area contributed by atoms with Crippen molar-refractivity contribution in [3.05, 3.63) is 21.9 Å². The van der Waals surface area contributed by atoms with E-state index in [4.69, 9.17) is 0 Å². The third kappa shape index (κ3) is 5.25. The molecule has 0 amide bonds. The predicted octanol–water partition coefficient (Wildman–Crippen LogP) is 3.93. The van der Waals surface area contributed by atoms with Crippen molar-refractivity contribution in [3.63, 3.8) is 0 Å². The van der Waals surface area contributed by atoms with Crippen LogP contribution < -0.4 is 5.32 Å². The number of hydrogen-bond donors (Lipinski definition) is 2. The van der Waals surface area contributed by atoms with Crippen molar-refractivity contribution in [2.45, 2.75) is 65.5 Å². The molecule has 0 radical (unpaired) electrons. The topological polar surface area (TPSA) is 32.3 Å². The molecule has 1 aromatic rings. The molecule has 0 bridgehead atoms. The molecule has 1 aromatic heterocycles. The van der Waals surface area contributed by atoms with Crippen LogP contribution in [0.1, 0.15) is 57.2 Å². The summed E-state index contributed by atoms with van der Waals surface area (Å²) in [6.45, 7) is 12.6. The van der Waals surface area contributed by atoms with Gasteiger partial charge in [0, 0.05) is 22.8 Å². The Morgan fingerprint density at radius 2 is 1.84 bits per heavy atom. The van der Waals surface area contributed by atoms with Gasteiger partial charge in [-0.1, -0.05) is 47.5 Å². The van der Waals surface area contributed by atoms with E-state index in [9.17, 15) is 5.11 Å². The van der Waals surface area contributed by atoms with Crippen LogP contribution in [0.5, 0.6) is 0 Å². The highest BCUT2D eigenvalue weighted by molar-refractivity contribution is 7.12. The minimum Gasteiger partial charge on any atom is -0.392 e. The monoisotopic (exact) mass is 283 g/mol. The number of aliphatic hydroxyl groups excluding tert-OH is 1. The Bertz CT molecular complexity index is 363. The van der Waals surface area contributed by atoms with E-state index in [2.05, 4.69) is 52.1 Å². The van der Waals surface area contributed by atoms with Gasteiger partial charge >= 0.3 is 0 Å².